The van der Waals surface area contributed by atoms with Crippen molar-refractivity contribution in [2.24, 2.45) is 0 Å². The Bertz CT molecular complexity index is 225. The zero-order valence-electron chi connectivity index (χ0n) is 8.04. The highest BCUT2D eigenvalue weighted by atomic mass is 127. The molecule has 0 aliphatic heterocycles. The molecule has 1 aliphatic rings. The molecule has 0 spiro atoms. The molecule has 0 heterocycles. The molecule has 0 fully saturated rings. The maximum Gasteiger partial charge on any atom is 0.333 e. The van der Waals surface area contributed by atoms with Gasteiger partial charge in [-0.05, 0) is 25.7 Å². The van der Waals surface area contributed by atoms with Crippen LogP contribution in [0.3, 0.4) is 0 Å². The molecule has 0 bridgehead atoms. The second-order valence-corrected chi connectivity index (χ2v) is 4.26. The lowest BCUT2D eigenvalue weighted by Crippen LogP contribution is -2.21. The molecule has 0 aromatic heterocycles. The van der Waals surface area contributed by atoms with E-state index in [0.29, 0.717) is 4.43 Å². The predicted octanol–water partition coefficient (Wildman–Crippen LogP) is 1.83. The molecular weight excluding hydrogens is 295 g/mol. The van der Waals surface area contributed by atoms with Crippen molar-refractivity contribution in [1.29, 1.82) is 0 Å². The maximum atomic E-state index is 11.4. The van der Waals surface area contributed by atoms with Crippen LogP contribution in [0.2, 0.25) is 0 Å². The molecule has 4 heteroatoms. The minimum Gasteiger partial charge on any atom is -0.460 e. The van der Waals surface area contributed by atoms with E-state index in [-0.39, 0.29) is 12.6 Å². The minimum atomic E-state index is -0.538. The summed E-state index contributed by atoms with van der Waals surface area (Å²) >= 11 is 2.06. The third-order valence-corrected chi connectivity index (χ3v) is 3.15. The summed E-state index contributed by atoms with van der Waals surface area (Å²) in [5.74, 6) is -0.256. The van der Waals surface area contributed by atoms with Gasteiger partial charge in [-0.3, -0.25) is 0 Å². The van der Waals surface area contributed by atoms with Crippen molar-refractivity contribution >= 4 is 28.6 Å². The number of aliphatic hydroxyl groups excluding tert-OH is 1. The Morgan fingerprint density at radius 2 is 2.43 bits per heavy atom. The standard InChI is InChI=1S/C10H15IO3/c11-6-9(12)7-14-10(13)8-4-2-1-3-5-8/h4,9,12H,1-3,5-7H2. The van der Waals surface area contributed by atoms with E-state index in [0.717, 1.165) is 31.3 Å². The smallest absolute Gasteiger partial charge is 0.333 e. The zero-order valence-corrected chi connectivity index (χ0v) is 10.2. The first-order valence-corrected chi connectivity index (χ1v) is 6.36. The van der Waals surface area contributed by atoms with Crippen molar-refractivity contribution in [2.45, 2.75) is 31.8 Å². The third kappa shape index (κ3) is 3.96. The van der Waals surface area contributed by atoms with E-state index < -0.39 is 6.10 Å². The molecule has 14 heavy (non-hydrogen) atoms. The zero-order chi connectivity index (χ0) is 10.4. The van der Waals surface area contributed by atoms with Gasteiger partial charge in [-0.25, -0.2) is 4.79 Å². The van der Waals surface area contributed by atoms with Gasteiger partial charge in [0, 0.05) is 10.0 Å². The second-order valence-electron chi connectivity index (χ2n) is 3.38. The molecule has 1 unspecified atom stereocenters. The molecule has 0 amide bonds. The van der Waals surface area contributed by atoms with E-state index in [4.69, 9.17) is 4.74 Å². The molecule has 1 rings (SSSR count). The van der Waals surface area contributed by atoms with Gasteiger partial charge in [0.25, 0.3) is 0 Å². The van der Waals surface area contributed by atoms with E-state index in [2.05, 4.69) is 22.6 Å². The van der Waals surface area contributed by atoms with E-state index in [1.807, 2.05) is 6.08 Å². The van der Waals surface area contributed by atoms with Crippen molar-refractivity contribution in [1.82, 2.24) is 0 Å². The van der Waals surface area contributed by atoms with Gasteiger partial charge < -0.3 is 9.84 Å². The van der Waals surface area contributed by atoms with Gasteiger partial charge in [0.15, 0.2) is 0 Å². The summed E-state index contributed by atoms with van der Waals surface area (Å²) in [6.07, 6.45) is 5.42. The summed E-state index contributed by atoms with van der Waals surface area (Å²) in [4.78, 5) is 11.4. The first-order chi connectivity index (χ1) is 6.74. The molecule has 3 nitrogen and oxygen atoms in total. The Morgan fingerprint density at radius 3 is 3.00 bits per heavy atom. The Kier molecular flexibility index (Phi) is 5.47. The lowest BCUT2D eigenvalue weighted by atomic mass is 10.00. The minimum absolute atomic E-state index is 0.110. The number of ether oxygens (including phenoxy) is 1. The van der Waals surface area contributed by atoms with Crippen molar-refractivity contribution in [3.63, 3.8) is 0 Å². The Hall–Kier alpha value is -0.100. The Morgan fingerprint density at radius 1 is 1.64 bits per heavy atom. The van der Waals surface area contributed by atoms with E-state index in [1.54, 1.807) is 0 Å². The van der Waals surface area contributed by atoms with Gasteiger partial charge in [-0.2, -0.15) is 0 Å². The topological polar surface area (TPSA) is 46.5 Å². The monoisotopic (exact) mass is 310 g/mol. The van der Waals surface area contributed by atoms with Crippen molar-refractivity contribution in [2.75, 3.05) is 11.0 Å². The quantitative estimate of drug-likeness (QED) is 0.489. The number of carbonyl (C=O) groups is 1. The number of rotatable bonds is 4. The van der Waals surface area contributed by atoms with Gasteiger partial charge in [-0.1, -0.05) is 28.7 Å². The molecule has 0 aromatic rings. The number of halogens is 1. The highest BCUT2D eigenvalue weighted by Gasteiger charge is 2.14. The van der Waals surface area contributed by atoms with E-state index >= 15 is 0 Å². The highest BCUT2D eigenvalue weighted by molar-refractivity contribution is 14.1. The SMILES string of the molecule is O=C(OCC(O)CI)C1=CCCCC1. The lowest BCUT2D eigenvalue weighted by Gasteiger charge is -2.13. The van der Waals surface area contributed by atoms with Crippen LogP contribution in [0.1, 0.15) is 25.7 Å². The van der Waals surface area contributed by atoms with Crippen molar-refractivity contribution in [3.8, 4) is 0 Å². The van der Waals surface area contributed by atoms with Crippen LogP contribution < -0.4 is 0 Å². The summed E-state index contributed by atoms with van der Waals surface area (Å²) in [5, 5.41) is 9.20. The van der Waals surface area contributed by atoms with Crippen LogP contribution in [0.5, 0.6) is 0 Å². The molecule has 1 aliphatic carbocycles. The van der Waals surface area contributed by atoms with Gasteiger partial charge in [0.2, 0.25) is 0 Å². The summed E-state index contributed by atoms with van der Waals surface area (Å²) in [7, 11) is 0. The van der Waals surface area contributed by atoms with Crippen LogP contribution in [-0.2, 0) is 9.53 Å². The fourth-order valence-electron chi connectivity index (χ4n) is 1.33. The summed E-state index contributed by atoms with van der Waals surface area (Å²) in [6.45, 7) is 0.110. The van der Waals surface area contributed by atoms with Gasteiger partial charge in [-0.15, -0.1) is 0 Å². The molecule has 1 atom stereocenters. The lowest BCUT2D eigenvalue weighted by molar-refractivity contribution is -0.141. The maximum absolute atomic E-state index is 11.4. The largest absolute Gasteiger partial charge is 0.460 e. The van der Waals surface area contributed by atoms with E-state index in [9.17, 15) is 9.90 Å². The van der Waals surface area contributed by atoms with E-state index in [1.165, 1.54) is 0 Å². The summed E-state index contributed by atoms with van der Waals surface area (Å²) < 4.78 is 5.56. The predicted molar refractivity (Wildman–Crippen MR) is 62.4 cm³/mol. The molecular formula is C10H15IO3. The third-order valence-electron chi connectivity index (χ3n) is 2.14. The summed E-state index contributed by atoms with van der Waals surface area (Å²) in [5.41, 5.74) is 0.775. The normalized spacial score (nSPS) is 18.6. The first kappa shape index (κ1) is 12.0. The molecule has 1 N–H and O–H groups in total. The number of alkyl halides is 1. The molecule has 0 saturated carbocycles. The average Bonchev–Trinajstić information content (AvgIpc) is 2.26. The van der Waals surface area contributed by atoms with Gasteiger partial charge >= 0.3 is 5.97 Å². The van der Waals surface area contributed by atoms with Crippen molar-refractivity contribution < 1.29 is 14.6 Å². The van der Waals surface area contributed by atoms with Crippen LogP contribution in [0.25, 0.3) is 0 Å². The van der Waals surface area contributed by atoms with Gasteiger partial charge in [0.1, 0.15) is 6.61 Å². The number of carbonyl (C=O) groups excluding carboxylic acids is 1. The number of aliphatic hydroxyl groups is 1. The molecule has 0 saturated heterocycles. The Balaban J connectivity index is 2.30. The van der Waals surface area contributed by atoms with Crippen LogP contribution in [0, 0.1) is 0 Å². The number of allylic oxidation sites excluding steroid dienone is 1. The van der Waals surface area contributed by atoms with Crippen LogP contribution >= 0.6 is 22.6 Å². The average molecular weight is 310 g/mol. The van der Waals surface area contributed by atoms with Crippen LogP contribution in [0.15, 0.2) is 11.6 Å². The number of esters is 1. The fraction of sp³-hybridized carbons (Fsp3) is 0.700. The summed E-state index contributed by atoms with van der Waals surface area (Å²) in [6, 6.07) is 0. The first-order valence-electron chi connectivity index (χ1n) is 4.84. The Labute approximate surface area is 97.7 Å². The second kappa shape index (κ2) is 6.40. The van der Waals surface area contributed by atoms with Crippen molar-refractivity contribution in [3.05, 3.63) is 11.6 Å². The fourth-order valence-corrected chi connectivity index (χ4v) is 1.59. The highest BCUT2D eigenvalue weighted by Crippen LogP contribution is 2.18. The van der Waals surface area contributed by atoms with Gasteiger partial charge in [0.05, 0.1) is 6.10 Å². The number of hydrogen-bond acceptors (Lipinski definition) is 3. The molecule has 0 radical (unpaired) electrons. The van der Waals surface area contributed by atoms with Crippen LogP contribution in [0.4, 0.5) is 0 Å². The van der Waals surface area contributed by atoms with Crippen LogP contribution in [-0.4, -0.2) is 28.2 Å². The molecule has 80 valence electrons. The molecule has 0 aromatic carbocycles. The number of hydrogen-bond donors (Lipinski definition) is 1.